The van der Waals surface area contributed by atoms with Crippen molar-refractivity contribution in [1.82, 2.24) is 0 Å². The van der Waals surface area contributed by atoms with Gasteiger partial charge in [-0.15, -0.1) is 0 Å². The van der Waals surface area contributed by atoms with Crippen LogP contribution >= 0.6 is 0 Å². The van der Waals surface area contributed by atoms with Gasteiger partial charge in [-0.1, -0.05) is 13.8 Å². The number of cyclic esters (lactones) is 1. The molecule has 0 aromatic carbocycles. The summed E-state index contributed by atoms with van der Waals surface area (Å²) in [6.45, 7) is 5.13. The average Bonchev–Trinajstić information content (AvgIpc) is 2.58. The minimum Gasteiger partial charge on any atom is -0.481 e. The number of carbonyl (C=O) groups is 2. The van der Waals surface area contributed by atoms with Crippen LogP contribution in [0.3, 0.4) is 0 Å². The van der Waals surface area contributed by atoms with E-state index in [9.17, 15) is 9.59 Å². The molecule has 1 atom stereocenters. The molecule has 2 saturated heterocycles. The van der Waals surface area contributed by atoms with E-state index in [2.05, 4.69) is 0 Å². The van der Waals surface area contributed by atoms with Gasteiger partial charge in [-0.25, -0.2) is 0 Å². The maximum absolute atomic E-state index is 11.7. The predicted molar refractivity (Wildman–Crippen MR) is 60.6 cm³/mol. The topological polar surface area (TPSA) is 72.8 Å². The van der Waals surface area contributed by atoms with Crippen molar-refractivity contribution in [3.8, 4) is 0 Å². The highest BCUT2D eigenvalue weighted by molar-refractivity contribution is 5.80. The molecule has 0 radical (unpaired) electrons. The second-order valence-electron chi connectivity index (χ2n) is 4.22. The van der Waals surface area contributed by atoms with Gasteiger partial charge in [0.15, 0.2) is 0 Å². The highest BCUT2D eigenvalue weighted by Crippen LogP contribution is 2.43. The predicted octanol–water partition coefficient (Wildman–Crippen LogP) is 1.60. The van der Waals surface area contributed by atoms with Crippen molar-refractivity contribution in [3.63, 3.8) is 0 Å². The van der Waals surface area contributed by atoms with E-state index >= 15 is 0 Å². The van der Waals surface area contributed by atoms with Gasteiger partial charge in [-0.3, -0.25) is 9.59 Å². The molecule has 0 aliphatic carbocycles. The third-order valence-electron chi connectivity index (χ3n) is 3.18. The number of aliphatic carboxylic acids is 1. The van der Waals surface area contributed by atoms with E-state index in [1.54, 1.807) is 0 Å². The molecule has 0 amide bonds. The lowest BCUT2D eigenvalue weighted by Crippen LogP contribution is -2.33. The standard InChI is InChI=1S/C10H14O5.C2H6/c11-8(12)5-7-6-10(9(13)15-7)1-3-14-4-2-10;1-2/h7H,1-6H2,(H,11,12);1-2H3. The summed E-state index contributed by atoms with van der Waals surface area (Å²) in [5.74, 6) is -1.16. The minimum absolute atomic E-state index is 0.0889. The largest absolute Gasteiger partial charge is 0.481 e. The van der Waals surface area contributed by atoms with Crippen LogP contribution < -0.4 is 0 Å². The minimum atomic E-state index is -0.920. The summed E-state index contributed by atoms with van der Waals surface area (Å²) in [6, 6.07) is 0. The number of carbonyl (C=O) groups excluding carboxylic acids is 1. The van der Waals surface area contributed by atoms with Crippen LogP contribution in [0.5, 0.6) is 0 Å². The van der Waals surface area contributed by atoms with Gasteiger partial charge in [0.05, 0.1) is 11.8 Å². The normalized spacial score (nSPS) is 26.0. The second-order valence-corrected chi connectivity index (χ2v) is 4.22. The second kappa shape index (κ2) is 6.00. The highest BCUT2D eigenvalue weighted by Gasteiger charge is 2.49. The van der Waals surface area contributed by atoms with Gasteiger partial charge in [-0.2, -0.15) is 0 Å². The Morgan fingerprint density at radius 3 is 2.53 bits per heavy atom. The van der Waals surface area contributed by atoms with Gasteiger partial charge in [0.25, 0.3) is 0 Å². The van der Waals surface area contributed by atoms with E-state index in [0.29, 0.717) is 32.5 Å². The van der Waals surface area contributed by atoms with E-state index < -0.39 is 17.5 Å². The summed E-state index contributed by atoms with van der Waals surface area (Å²) in [4.78, 5) is 22.2. The summed E-state index contributed by atoms with van der Waals surface area (Å²) < 4.78 is 10.3. The Kier molecular flexibility index (Phi) is 4.93. The molecule has 98 valence electrons. The highest BCUT2D eigenvalue weighted by atomic mass is 16.6. The zero-order chi connectivity index (χ0) is 12.9. The molecule has 1 spiro atoms. The molecule has 2 aliphatic heterocycles. The summed E-state index contributed by atoms with van der Waals surface area (Å²) in [6.07, 6.45) is 1.30. The van der Waals surface area contributed by atoms with E-state index in [1.165, 1.54) is 0 Å². The van der Waals surface area contributed by atoms with Gasteiger partial charge in [-0.05, 0) is 12.8 Å². The van der Waals surface area contributed by atoms with Crippen molar-refractivity contribution >= 4 is 11.9 Å². The molecule has 2 heterocycles. The first-order chi connectivity index (χ1) is 8.12. The van der Waals surface area contributed by atoms with E-state index in [-0.39, 0.29) is 12.4 Å². The van der Waals surface area contributed by atoms with Crippen molar-refractivity contribution in [3.05, 3.63) is 0 Å². The number of hydrogen-bond donors (Lipinski definition) is 1. The Labute approximate surface area is 101 Å². The van der Waals surface area contributed by atoms with Gasteiger partial charge in [0.2, 0.25) is 0 Å². The Morgan fingerprint density at radius 1 is 1.41 bits per heavy atom. The Morgan fingerprint density at radius 2 is 2.00 bits per heavy atom. The third kappa shape index (κ3) is 3.19. The molecule has 0 aromatic rings. The van der Waals surface area contributed by atoms with E-state index in [1.807, 2.05) is 13.8 Å². The van der Waals surface area contributed by atoms with Crippen LogP contribution in [0, 0.1) is 5.41 Å². The van der Waals surface area contributed by atoms with Gasteiger partial charge in [0, 0.05) is 19.6 Å². The van der Waals surface area contributed by atoms with E-state index in [0.717, 1.165) is 0 Å². The Bertz CT molecular complexity index is 281. The molecule has 2 aliphatic rings. The lowest BCUT2D eigenvalue weighted by Gasteiger charge is -2.28. The van der Waals surface area contributed by atoms with Gasteiger partial charge >= 0.3 is 11.9 Å². The van der Waals surface area contributed by atoms with E-state index in [4.69, 9.17) is 14.6 Å². The molecular formula is C12H20O5. The van der Waals surface area contributed by atoms with Crippen molar-refractivity contribution in [2.45, 2.75) is 45.6 Å². The average molecular weight is 244 g/mol. The smallest absolute Gasteiger partial charge is 0.312 e. The van der Waals surface area contributed by atoms with Crippen LogP contribution in [0.2, 0.25) is 0 Å². The van der Waals surface area contributed by atoms with Crippen LogP contribution in [-0.2, 0) is 19.1 Å². The lowest BCUT2D eigenvalue weighted by atomic mass is 9.77. The van der Waals surface area contributed by atoms with Crippen LogP contribution in [0.15, 0.2) is 0 Å². The number of carboxylic acid groups (broad SMARTS) is 1. The Balaban J connectivity index is 0.000000686. The lowest BCUT2D eigenvalue weighted by molar-refractivity contribution is -0.153. The fourth-order valence-corrected chi connectivity index (χ4v) is 2.32. The van der Waals surface area contributed by atoms with Crippen LogP contribution in [-0.4, -0.2) is 36.4 Å². The molecule has 0 bridgehead atoms. The molecular weight excluding hydrogens is 224 g/mol. The molecule has 2 fully saturated rings. The molecule has 2 rings (SSSR count). The molecule has 17 heavy (non-hydrogen) atoms. The number of rotatable bonds is 2. The van der Waals surface area contributed by atoms with Gasteiger partial charge in [0.1, 0.15) is 6.10 Å². The molecule has 5 heteroatoms. The summed E-state index contributed by atoms with van der Waals surface area (Å²) in [5.41, 5.74) is -0.460. The molecule has 0 saturated carbocycles. The Hall–Kier alpha value is -1.10. The number of hydrogen-bond acceptors (Lipinski definition) is 4. The van der Waals surface area contributed by atoms with Crippen molar-refractivity contribution in [1.29, 1.82) is 0 Å². The summed E-state index contributed by atoms with van der Waals surface area (Å²) in [7, 11) is 0. The maximum atomic E-state index is 11.7. The first kappa shape index (κ1) is 14.0. The van der Waals surface area contributed by atoms with Crippen LogP contribution in [0.4, 0.5) is 0 Å². The third-order valence-corrected chi connectivity index (χ3v) is 3.18. The summed E-state index contributed by atoms with van der Waals surface area (Å²) >= 11 is 0. The number of esters is 1. The van der Waals surface area contributed by atoms with Crippen molar-refractivity contribution in [2.24, 2.45) is 5.41 Å². The molecule has 1 N–H and O–H groups in total. The first-order valence-electron chi connectivity index (χ1n) is 6.13. The van der Waals surface area contributed by atoms with Gasteiger partial charge < -0.3 is 14.6 Å². The molecule has 0 aromatic heterocycles. The first-order valence-corrected chi connectivity index (χ1v) is 6.13. The monoisotopic (exact) mass is 244 g/mol. The fourth-order valence-electron chi connectivity index (χ4n) is 2.32. The van der Waals surface area contributed by atoms with Crippen LogP contribution in [0.25, 0.3) is 0 Å². The quantitative estimate of drug-likeness (QED) is 0.747. The molecule has 1 unspecified atom stereocenters. The number of ether oxygens (including phenoxy) is 2. The maximum Gasteiger partial charge on any atom is 0.312 e. The van der Waals surface area contributed by atoms with Crippen molar-refractivity contribution in [2.75, 3.05) is 13.2 Å². The zero-order valence-corrected chi connectivity index (χ0v) is 10.4. The zero-order valence-electron chi connectivity index (χ0n) is 10.4. The molecule has 5 nitrogen and oxygen atoms in total. The number of carboxylic acids is 1. The SMILES string of the molecule is CC.O=C(O)CC1CC2(CCOCC2)C(=O)O1. The van der Waals surface area contributed by atoms with Crippen LogP contribution in [0.1, 0.15) is 39.5 Å². The van der Waals surface area contributed by atoms with Crippen molar-refractivity contribution < 1.29 is 24.2 Å². The summed E-state index contributed by atoms with van der Waals surface area (Å²) in [5, 5.41) is 8.63. The fraction of sp³-hybridized carbons (Fsp3) is 0.833.